The number of nitrogens with zero attached hydrogens (tertiary/aromatic N) is 2. The summed E-state index contributed by atoms with van der Waals surface area (Å²) in [7, 11) is 1.60. The van der Waals surface area contributed by atoms with Gasteiger partial charge >= 0.3 is 0 Å². The second-order valence-electron chi connectivity index (χ2n) is 4.86. The van der Waals surface area contributed by atoms with Gasteiger partial charge in [0, 0.05) is 12.3 Å². The van der Waals surface area contributed by atoms with E-state index >= 15 is 0 Å². The molecule has 1 N–H and O–H groups in total. The number of nitrogens with one attached hydrogen (secondary N) is 1. The van der Waals surface area contributed by atoms with Gasteiger partial charge < -0.3 is 9.26 Å². The Morgan fingerprint density at radius 1 is 1.17 bits per heavy atom. The molecule has 23 heavy (non-hydrogen) atoms. The summed E-state index contributed by atoms with van der Waals surface area (Å²) in [6.45, 7) is 0. The molecule has 2 heterocycles. The first kappa shape index (κ1) is 14.8. The minimum Gasteiger partial charge on any atom is -0.497 e. The van der Waals surface area contributed by atoms with Gasteiger partial charge in [0.25, 0.3) is 0 Å². The number of hydrogen-bond acceptors (Lipinski definition) is 5. The zero-order valence-electron chi connectivity index (χ0n) is 12.5. The third kappa shape index (κ3) is 3.74. The summed E-state index contributed by atoms with van der Waals surface area (Å²) < 4.78 is 10.2. The predicted molar refractivity (Wildman–Crippen MR) is 85.1 cm³/mol. The van der Waals surface area contributed by atoms with Crippen molar-refractivity contribution in [1.29, 1.82) is 0 Å². The molecule has 0 bridgehead atoms. The summed E-state index contributed by atoms with van der Waals surface area (Å²) in [5, 5.41) is 6.58. The first-order valence-corrected chi connectivity index (χ1v) is 7.05. The predicted octanol–water partition coefficient (Wildman–Crippen LogP) is 2.93. The molecule has 0 unspecified atom stereocenters. The minimum atomic E-state index is -0.182. The highest BCUT2D eigenvalue weighted by molar-refractivity contribution is 5.91. The fourth-order valence-corrected chi connectivity index (χ4v) is 2.08. The van der Waals surface area contributed by atoms with Crippen molar-refractivity contribution in [3.63, 3.8) is 0 Å². The molecule has 0 aliphatic carbocycles. The number of methoxy groups -OCH3 is 1. The van der Waals surface area contributed by atoms with Crippen LogP contribution < -0.4 is 10.1 Å². The van der Waals surface area contributed by atoms with E-state index in [1.165, 1.54) is 0 Å². The molecule has 6 nitrogen and oxygen atoms in total. The molecule has 116 valence electrons. The number of carbonyl (C=O) groups is 1. The third-order valence-corrected chi connectivity index (χ3v) is 3.22. The lowest BCUT2D eigenvalue weighted by molar-refractivity contribution is -0.115. The van der Waals surface area contributed by atoms with Crippen LogP contribution in [0.1, 0.15) is 5.56 Å². The van der Waals surface area contributed by atoms with Crippen LogP contribution in [-0.4, -0.2) is 23.2 Å². The second-order valence-corrected chi connectivity index (χ2v) is 4.86. The minimum absolute atomic E-state index is 0.182. The average Bonchev–Trinajstić information content (AvgIpc) is 3.04. The Morgan fingerprint density at radius 3 is 2.70 bits per heavy atom. The van der Waals surface area contributed by atoms with Crippen molar-refractivity contribution in [1.82, 2.24) is 10.1 Å². The van der Waals surface area contributed by atoms with Crippen LogP contribution in [0, 0.1) is 0 Å². The monoisotopic (exact) mass is 309 g/mol. The van der Waals surface area contributed by atoms with Gasteiger partial charge in [0.2, 0.25) is 11.8 Å². The van der Waals surface area contributed by atoms with Gasteiger partial charge in [-0.2, -0.15) is 0 Å². The molecule has 0 aliphatic rings. The molecule has 3 rings (SSSR count). The molecule has 1 amide bonds. The lowest BCUT2D eigenvalue weighted by atomic mass is 10.1. The highest BCUT2D eigenvalue weighted by Gasteiger charge is 2.10. The molecule has 2 aromatic heterocycles. The molecule has 0 spiro atoms. The van der Waals surface area contributed by atoms with Crippen LogP contribution in [0.4, 0.5) is 5.88 Å². The van der Waals surface area contributed by atoms with Crippen LogP contribution in [0.5, 0.6) is 5.75 Å². The fraction of sp³-hybridized carbons (Fsp3) is 0.118. The normalized spacial score (nSPS) is 10.3. The van der Waals surface area contributed by atoms with Crippen molar-refractivity contribution < 1.29 is 14.1 Å². The van der Waals surface area contributed by atoms with Crippen molar-refractivity contribution in [2.24, 2.45) is 0 Å². The number of anilines is 1. The molecule has 1 aromatic carbocycles. The van der Waals surface area contributed by atoms with Crippen LogP contribution in [0.3, 0.4) is 0 Å². The lowest BCUT2D eigenvalue weighted by Crippen LogP contribution is -2.13. The Hall–Kier alpha value is -3.15. The van der Waals surface area contributed by atoms with Gasteiger partial charge in [-0.25, -0.2) is 0 Å². The van der Waals surface area contributed by atoms with Gasteiger partial charge in [0.1, 0.15) is 11.4 Å². The zero-order chi connectivity index (χ0) is 16.1. The smallest absolute Gasteiger partial charge is 0.231 e. The molecule has 0 saturated heterocycles. The Balaban J connectivity index is 1.63. The molecule has 0 aliphatic heterocycles. The summed E-state index contributed by atoms with van der Waals surface area (Å²) in [6.07, 6.45) is 1.91. The summed E-state index contributed by atoms with van der Waals surface area (Å²) >= 11 is 0. The average molecular weight is 309 g/mol. The number of amides is 1. The maximum Gasteiger partial charge on any atom is 0.231 e. The first-order valence-electron chi connectivity index (χ1n) is 7.05. The highest BCUT2D eigenvalue weighted by atomic mass is 16.5. The summed E-state index contributed by atoms with van der Waals surface area (Å²) in [4.78, 5) is 16.2. The van der Waals surface area contributed by atoms with E-state index in [4.69, 9.17) is 9.26 Å². The number of pyridine rings is 1. The van der Waals surface area contributed by atoms with E-state index < -0.39 is 0 Å². The SMILES string of the molecule is COc1ccc(CC(=O)Nc2cc(-c3ccccn3)no2)cc1. The molecular weight excluding hydrogens is 294 g/mol. The quantitative estimate of drug-likeness (QED) is 0.784. The van der Waals surface area contributed by atoms with Gasteiger partial charge in [-0.15, -0.1) is 0 Å². The van der Waals surface area contributed by atoms with Crippen LogP contribution in [0.15, 0.2) is 59.3 Å². The number of aromatic nitrogens is 2. The Labute approximate surface area is 133 Å². The van der Waals surface area contributed by atoms with Crippen LogP contribution in [0.2, 0.25) is 0 Å². The van der Waals surface area contributed by atoms with Crippen LogP contribution in [0.25, 0.3) is 11.4 Å². The number of ether oxygens (including phenoxy) is 1. The van der Waals surface area contributed by atoms with E-state index in [0.29, 0.717) is 17.3 Å². The third-order valence-electron chi connectivity index (χ3n) is 3.22. The van der Waals surface area contributed by atoms with Gasteiger partial charge in [0.15, 0.2) is 0 Å². The molecule has 0 atom stereocenters. The van der Waals surface area contributed by atoms with Gasteiger partial charge in [-0.3, -0.25) is 15.1 Å². The van der Waals surface area contributed by atoms with Crippen LogP contribution in [-0.2, 0) is 11.2 Å². The van der Waals surface area contributed by atoms with Crippen molar-refractivity contribution in [2.75, 3.05) is 12.4 Å². The Morgan fingerprint density at radius 2 is 2.00 bits per heavy atom. The second kappa shape index (κ2) is 6.74. The van der Waals surface area contributed by atoms with Crippen molar-refractivity contribution >= 4 is 11.8 Å². The van der Waals surface area contributed by atoms with Crippen LogP contribution >= 0.6 is 0 Å². The van der Waals surface area contributed by atoms with E-state index in [1.54, 1.807) is 19.4 Å². The first-order chi connectivity index (χ1) is 11.2. The van der Waals surface area contributed by atoms with Crippen molar-refractivity contribution in [2.45, 2.75) is 6.42 Å². The van der Waals surface area contributed by atoms with E-state index in [0.717, 1.165) is 11.3 Å². The largest absolute Gasteiger partial charge is 0.497 e. The number of rotatable bonds is 5. The topological polar surface area (TPSA) is 77.2 Å². The molecule has 3 aromatic rings. The van der Waals surface area contributed by atoms with Gasteiger partial charge in [0.05, 0.1) is 19.2 Å². The van der Waals surface area contributed by atoms with Gasteiger partial charge in [-0.1, -0.05) is 23.4 Å². The molecule has 0 fully saturated rings. The van der Waals surface area contributed by atoms with Gasteiger partial charge in [-0.05, 0) is 29.8 Å². The maximum atomic E-state index is 12.0. The Kier molecular flexibility index (Phi) is 4.33. The highest BCUT2D eigenvalue weighted by Crippen LogP contribution is 2.19. The number of hydrogen-bond donors (Lipinski definition) is 1. The van der Waals surface area contributed by atoms with Crippen molar-refractivity contribution in [3.05, 3.63) is 60.3 Å². The number of carbonyl (C=O) groups excluding carboxylic acids is 1. The molecule has 0 radical (unpaired) electrons. The van der Waals surface area contributed by atoms with E-state index in [1.807, 2.05) is 42.5 Å². The summed E-state index contributed by atoms with van der Waals surface area (Å²) in [5.41, 5.74) is 2.14. The molecule has 6 heteroatoms. The van der Waals surface area contributed by atoms with E-state index in [9.17, 15) is 4.79 Å². The standard InChI is InChI=1S/C17H15N3O3/c1-22-13-7-5-12(6-8-13)10-16(21)19-17-11-15(20-23-17)14-4-2-3-9-18-14/h2-9,11H,10H2,1H3,(H,19,21). The maximum absolute atomic E-state index is 12.0. The fourth-order valence-electron chi connectivity index (χ4n) is 2.08. The number of benzene rings is 1. The van der Waals surface area contributed by atoms with Crippen molar-refractivity contribution in [3.8, 4) is 17.1 Å². The molecular formula is C17H15N3O3. The summed E-state index contributed by atoms with van der Waals surface area (Å²) in [6, 6.07) is 14.5. The lowest BCUT2D eigenvalue weighted by Gasteiger charge is -2.03. The molecule has 0 saturated carbocycles. The Bertz CT molecular complexity index is 782. The summed E-state index contributed by atoms with van der Waals surface area (Å²) in [5.74, 6) is 0.868. The zero-order valence-corrected chi connectivity index (χ0v) is 12.5. The van der Waals surface area contributed by atoms with E-state index in [-0.39, 0.29) is 12.3 Å². The van der Waals surface area contributed by atoms with E-state index in [2.05, 4.69) is 15.5 Å².